The van der Waals surface area contributed by atoms with Crippen molar-refractivity contribution in [1.29, 1.82) is 5.26 Å². The van der Waals surface area contributed by atoms with Crippen molar-refractivity contribution in [2.24, 2.45) is 5.41 Å². The molecular weight excluding hydrogens is 478 g/mol. The van der Waals surface area contributed by atoms with Crippen LogP contribution in [0, 0.1) is 16.7 Å². The second-order valence-corrected chi connectivity index (χ2v) is 11.6. The Morgan fingerprint density at radius 2 is 1.67 bits per heavy atom. The van der Waals surface area contributed by atoms with Crippen LogP contribution >= 0.6 is 0 Å². The zero-order chi connectivity index (χ0) is 26.7. The molecule has 0 unspecified atom stereocenters. The monoisotopic (exact) mass is 507 g/mol. The third-order valence-electron chi connectivity index (χ3n) is 8.35. The van der Waals surface area contributed by atoms with Crippen LogP contribution in [-0.4, -0.2) is 10.4 Å². The minimum Gasteiger partial charge on any atom is -0.373 e. The average molecular weight is 508 g/mol. The Balaban J connectivity index is 1.45. The summed E-state index contributed by atoms with van der Waals surface area (Å²) in [5.41, 5.74) is 8.09. The number of fused-ring (bicyclic) bond motifs is 5. The van der Waals surface area contributed by atoms with Crippen molar-refractivity contribution in [2.75, 3.05) is 5.32 Å². The number of allylic oxidation sites excluding steroid dienone is 1. The van der Waals surface area contributed by atoms with Gasteiger partial charge in [-0.1, -0.05) is 80.6 Å². The van der Waals surface area contributed by atoms with Gasteiger partial charge >= 0.3 is 0 Å². The van der Waals surface area contributed by atoms with Gasteiger partial charge in [-0.2, -0.15) is 5.26 Å². The number of ketones is 1. The lowest BCUT2D eigenvalue weighted by Gasteiger charge is -2.40. The van der Waals surface area contributed by atoms with E-state index in [1.165, 1.54) is 21.9 Å². The molecule has 1 aliphatic carbocycles. The van der Waals surface area contributed by atoms with Crippen LogP contribution in [0.4, 0.5) is 5.69 Å². The molecule has 4 aromatic carbocycles. The largest absolute Gasteiger partial charge is 0.373 e. The van der Waals surface area contributed by atoms with E-state index in [9.17, 15) is 10.1 Å². The van der Waals surface area contributed by atoms with E-state index in [2.05, 4.69) is 90.6 Å². The van der Waals surface area contributed by atoms with Crippen LogP contribution < -0.4 is 5.32 Å². The topological polar surface area (TPSA) is 57.8 Å². The Bertz CT molecular complexity index is 1880. The first-order valence-corrected chi connectivity index (χ1v) is 13.5. The van der Waals surface area contributed by atoms with Gasteiger partial charge in [0, 0.05) is 52.5 Å². The molecule has 1 atom stereocenters. The summed E-state index contributed by atoms with van der Waals surface area (Å²) in [6.45, 7) is 5.00. The minimum atomic E-state index is -0.241. The fraction of sp³-hybridized carbons (Fsp3) is 0.200. The lowest BCUT2D eigenvalue weighted by atomic mass is 9.68. The second-order valence-electron chi connectivity index (χ2n) is 11.6. The van der Waals surface area contributed by atoms with E-state index >= 15 is 0 Å². The van der Waals surface area contributed by atoms with Gasteiger partial charge in [-0.15, -0.1) is 0 Å². The molecule has 2 heterocycles. The lowest BCUT2D eigenvalue weighted by molar-refractivity contribution is -0.118. The molecule has 5 aromatic rings. The van der Waals surface area contributed by atoms with Crippen LogP contribution in [0.3, 0.4) is 0 Å². The smallest absolute Gasteiger partial charge is 0.162 e. The van der Waals surface area contributed by atoms with E-state index in [0.29, 0.717) is 18.5 Å². The number of aromatic nitrogens is 1. The van der Waals surface area contributed by atoms with Crippen molar-refractivity contribution in [1.82, 2.24) is 4.57 Å². The molecule has 39 heavy (non-hydrogen) atoms. The molecule has 0 radical (unpaired) electrons. The second kappa shape index (κ2) is 8.71. The first kappa shape index (κ1) is 23.5. The summed E-state index contributed by atoms with van der Waals surface area (Å²) in [6.07, 6.45) is 3.58. The van der Waals surface area contributed by atoms with E-state index < -0.39 is 0 Å². The van der Waals surface area contributed by atoms with Crippen LogP contribution in [0.25, 0.3) is 27.2 Å². The number of hydrogen-bond donors (Lipinski definition) is 1. The zero-order valence-corrected chi connectivity index (χ0v) is 22.2. The molecule has 1 N–H and O–H groups in total. The van der Waals surface area contributed by atoms with Crippen molar-refractivity contribution >= 4 is 38.7 Å². The van der Waals surface area contributed by atoms with Crippen molar-refractivity contribution in [2.45, 2.75) is 39.3 Å². The molecule has 0 saturated heterocycles. The Labute approximate surface area is 228 Å². The quantitative estimate of drug-likeness (QED) is 0.269. The van der Waals surface area contributed by atoms with Crippen LogP contribution in [0.1, 0.15) is 55.0 Å². The fourth-order valence-electron chi connectivity index (χ4n) is 6.66. The van der Waals surface area contributed by atoms with E-state index in [1.807, 2.05) is 30.3 Å². The summed E-state index contributed by atoms with van der Waals surface area (Å²) in [5.74, 6) is 0.226. The van der Waals surface area contributed by atoms with Crippen molar-refractivity contribution in [3.8, 4) is 6.07 Å². The molecule has 190 valence electrons. The van der Waals surface area contributed by atoms with Gasteiger partial charge in [-0.25, -0.2) is 0 Å². The normalized spacial score (nSPS) is 18.0. The van der Waals surface area contributed by atoms with Gasteiger partial charge in [0.05, 0.1) is 17.7 Å². The van der Waals surface area contributed by atoms with Crippen molar-refractivity contribution in [3.63, 3.8) is 0 Å². The maximum atomic E-state index is 14.0. The molecule has 0 amide bonds. The number of nitrogens with zero attached hydrogens (tertiary/aromatic N) is 2. The SMILES string of the molecule is CC1(C)CC(=O)C2=C(C1)c1c(ccc3ccccc13)N[C@H]2c1cn(Cc2ccccc2C#N)c2ccccc12. The molecular formula is C35H29N3O. The van der Waals surface area contributed by atoms with Crippen LogP contribution in [0.5, 0.6) is 0 Å². The highest BCUT2D eigenvalue weighted by Gasteiger charge is 2.41. The predicted octanol–water partition coefficient (Wildman–Crippen LogP) is 8.02. The number of nitriles is 1. The standard InChI is InChI=1S/C35H29N3O/c1-35(2)17-27-32-25-12-6-5-9-22(25)15-16-29(32)37-34(33(27)31(39)18-35)28-21-38(30-14-8-7-13-26(28)30)20-24-11-4-3-10-23(24)19-36/h3-16,21,34,37H,17-18,20H2,1-2H3/t34-/m0/s1. The highest BCUT2D eigenvalue weighted by molar-refractivity contribution is 6.13. The lowest BCUT2D eigenvalue weighted by Crippen LogP contribution is -2.33. The van der Waals surface area contributed by atoms with E-state index in [-0.39, 0.29) is 17.2 Å². The van der Waals surface area contributed by atoms with Crippen molar-refractivity contribution in [3.05, 3.63) is 119 Å². The van der Waals surface area contributed by atoms with Crippen LogP contribution in [0.15, 0.2) is 96.7 Å². The van der Waals surface area contributed by atoms with Gasteiger partial charge in [-0.3, -0.25) is 4.79 Å². The third-order valence-corrected chi connectivity index (χ3v) is 8.35. The number of Topliss-reactive ketones (excluding diaryl/α,β-unsaturated/α-hetero) is 1. The number of anilines is 1. The number of rotatable bonds is 3. The Kier molecular flexibility index (Phi) is 5.25. The van der Waals surface area contributed by atoms with Crippen molar-refractivity contribution < 1.29 is 4.79 Å². The molecule has 1 aliphatic heterocycles. The summed E-state index contributed by atoms with van der Waals surface area (Å²) < 4.78 is 2.22. The summed E-state index contributed by atoms with van der Waals surface area (Å²) in [4.78, 5) is 14.0. The number of carbonyl (C=O) groups is 1. The van der Waals surface area contributed by atoms with E-state index in [0.717, 1.165) is 39.7 Å². The Morgan fingerprint density at radius 3 is 2.51 bits per heavy atom. The number of para-hydroxylation sites is 1. The molecule has 2 aliphatic rings. The van der Waals surface area contributed by atoms with Crippen LogP contribution in [0.2, 0.25) is 0 Å². The molecule has 0 bridgehead atoms. The molecule has 4 heteroatoms. The molecule has 1 aromatic heterocycles. The van der Waals surface area contributed by atoms with Gasteiger partial charge in [-0.05, 0) is 51.9 Å². The van der Waals surface area contributed by atoms with Gasteiger partial charge in [0.2, 0.25) is 0 Å². The fourth-order valence-corrected chi connectivity index (χ4v) is 6.66. The van der Waals surface area contributed by atoms with Crippen LogP contribution in [-0.2, 0) is 11.3 Å². The summed E-state index contributed by atoms with van der Waals surface area (Å²) in [6, 6.07) is 31.0. The summed E-state index contributed by atoms with van der Waals surface area (Å²) >= 11 is 0. The molecule has 7 rings (SSSR count). The minimum absolute atomic E-state index is 0.0962. The number of nitrogens with one attached hydrogen (secondary N) is 1. The molecule has 0 spiro atoms. The summed E-state index contributed by atoms with van der Waals surface area (Å²) in [5, 5.41) is 17.0. The molecule has 0 fully saturated rings. The number of hydrogen-bond acceptors (Lipinski definition) is 3. The highest BCUT2D eigenvalue weighted by atomic mass is 16.1. The van der Waals surface area contributed by atoms with E-state index in [4.69, 9.17) is 0 Å². The highest BCUT2D eigenvalue weighted by Crippen LogP contribution is 2.52. The maximum absolute atomic E-state index is 14.0. The third kappa shape index (κ3) is 3.77. The Hall–Kier alpha value is -4.62. The molecule has 4 nitrogen and oxygen atoms in total. The maximum Gasteiger partial charge on any atom is 0.162 e. The van der Waals surface area contributed by atoms with Gasteiger partial charge in [0.25, 0.3) is 0 Å². The first-order chi connectivity index (χ1) is 18.9. The zero-order valence-electron chi connectivity index (χ0n) is 22.2. The van der Waals surface area contributed by atoms with Gasteiger partial charge < -0.3 is 9.88 Å². The predicted molar refractivity (Wildman–Crippen MR) is 157 cm³/mol. The number of benzene rings is 4. The van der Waals surface area contributed by atoms with Gasteiger partial charge in [0.15, 0.2) is 5.78 Å². The Morgan fingerprint density at radius 1 is 0.923 bits per heavy atom. The molecule has 0 saturated carbocycles. The first-order valence-electron chi connectivity index (χ1n) is 13.5. The van der Waals surface area contributed by atoms with E-state index in [1.54, 1.807) is 0 Å². The average Bonchev–Trinajstić information content (AvgIpc) is 3.30. The van der Waals surface area contributed by atoms with Gasteiger partial charge in [0.1, 0.15) is 0 Å². The number of carbonyl (C=O) groups excluding carboxylic acids is 1. The summed E-state index contributed by atoms with van der Waals surface area (Å²) in [7, 11) is 0.